The Morgan fingerprint density at radius 3 is 2.02 bits per heavy atom. The molecule has 1 heterocycles. The van der Waals surface area contributed by atoms with E-state index in [4.69, 9.17) is 37.0 Å². The van der Waals surface area contributed by atoms with Crippen molar-refractivity contribution >= 4 is 14.9 Å². The molecule has 0 aliphatic carbocycles. The number of rotatable bonds is 23. The minimum Gasteiger partial charge on any atom is -0.491 e. The van der Waals surface area contributed by atoms with E-state index < -0.39 is 21.0 Å². The molecule has 2 atom stereocenters. The molecular weight excluding hydrogens is 594 g/mol. The van der Waals surface area contributed by atoms with Crippen molar-refractivity contribution in [3.63, 3.8) is 0 Å². The van der Waals surface area contributed by atoms with E-state index in [0.29, 0.717) is 57.8 Å². The van der Waals surface area contributed by atoms with E-state index in [-0.39, 0.29) is 24.7 Å². The van der Waals surface area contributed by atoms with E-state index in [2.05, 4.69) is 50.0 Å². The van der Waals surface area contributed by atoms with Gasteiger partial charge in [-0.25, -0.2) is 4.79 Å². The third kappa shape index (κ3) is 12.4. The second-order valence-corrected chi connectivity index (χ2v) is 13.8. The zero-order valence-electron chi connectivity index (χ0n) is 27.5. The highest BCUT2D eigenvalue weighted by atomic mass is 28.4. The smallest absolute Gasteiger partial charge is 0.491 e. The summed E-state index contributed by atoms with van der Waals surface area (Å²) in [7, 11) is -2.76. The highest BCUT2D eigenvalue weighted by Crippen LogP contribution is 2.33. The number of nitrogens with one attached hydrogen (secondary N) is 1. The summed E-state index contributed by atoms with van der Waals surface area (Å²) in [6, 6.07) is 16.7. The summed E-state index contributed by atoms with van der Waals surface area (Å²) >= 11 is 0. The van der Waals surface area contributed by atoms with Crippen molar-refractivity contribution in [3.05, 3.63) is 72.3 Å². The van der Waals surface area contributed by atoms with Crippen molar-refractivity contribution in [3.8, 4) is 11.5 Å². The van der Waals surface area contributed by atoms with E-state index in [9.17, 15) is 4.79 Å². The van der Waals surface area contributed by atoms with E-state index in [1.54, 1.807) is 6.08 Å². The van der Waals surface area contributed by atoms with Crippen LogP contribution < -0.4 is 14.8 Å². The molecule has 45 heavy (non-hydrogen) atoms. The number of hydrogen-bond donors (Lipinski definition) is 1. The Bertz CT molecular complexity index is 1120. The number of epoxide rings is 1. The predicted octanol–water partition coefficient (Wildman–Crippen LogP) is 5.90. The lowest BCUT2D eigenvalue weighted by Crippen LogP contribution is -2.46. The summed E-state index contributed by atoms with van der Waals surface area (Å²) in [5, 5.41) is 2.81. The molecule has 10 nitrogen and oxygen atoms in total. The summed E-state index contributed by atoms with van der Waals surface area (Å²) < 4.78 is 45.9. The van der Waals surface area contributed by atoms with Crippen LogP contribution >= 0.6 is 0 Å². The molecule has 1 saturated heterocycles. The molecule has 2 unspecified atom stereocenters. The fraction of sp³-hybridized carbons (Fsp3) is 0.559. The van der Waals surface area contributed by atoms with Crippen molar-refractivity contribution in [2.45, 2.75) is 64.7 Å². The van der Waals surface area contributed by atoms with Crippen LogP contribution in [0.5, 0.6) is 11.5 Å². The fourth-order valence-electron chi connectivity index (χ4n) is 4.73. The Hall–Kier alpha value is -2.93. The van der Waals surface area contributed by atoms with E-state index in [1.807, 2.05) is 45.0 Å². The average Bonchev–Trinajstić information content (AvgIpc) is 3.87. The molecule has 2 aromatic carbocycles. The van der Waals surface area contributed by atoms with Crippen LogP contribution in [-0.2, 0) is 32.9 Å². The molecule has 1 N–H and O–H groups in total. The number of amides is 1. The van der Waals surface area contributed by atoms with Gasteiger partial charge in [0.05, 0.1) is 19.8 Å². The molecule has 0 saturated carbocycles. The predicted molar refractivity (Wildman–Crippen MR) is 175 cm³/mol. The Balaban J connectivity index is 1.50. The summed E-state index contributed by atoms with van der Waals surface area (Å²) in [6.45, 7) is 17.7. The molecule has 250 valence electrons. The second kappa shape index (κ2) is 18.9. The molecule has 1 aliphatic heterocycles. The van der Waals surface area contributed by atoms with Gasteiger partial charge in [0.15, 0.2) is 6.10 Å². The van der Waals surface area contributed by atoms with Crippen LogP contribution in [0.2, 0.25) is 6.04 Å². The quantitative estimate of drug-likeness (QED) is 0.0684. The van der Waals surface area contributed by atoms with Gasteiger partial charge in [-0.15, -0.1) is 6.58 Å². The number of carbonyl (C=O) groups excluding carboxylic acids is 1. The Kier molecular flexibility index (Phi) is 15.3. The minimum atomic E-state index is -2.76. The molecule has 0 aromatic heterocycles. The van der Waals surface area contributed by atoms with Gasteiger partial charge in [0.2, 0.25) is 0 Å². The molecule has 1 amide bonds. The maximum atomic E-state index is 12.6. The standard InChI is InChI=1S/C34H51NO9Si/c1-7-21-37-23-32(44-33(36)35-20-11-22-45(41-8-2,42-9-3)43-10-4)26-39-30-18-14-28(15-19-30)34(5,6)27-12-16-29(17-13-27)38-24-31-25-40-31/h7,12-19,31-32H,1,8-11,20-26H2,2-6H3,(H,35,36). The fourth-order valence-corrected chi connectivity index (χ4v) is 7.35. The lowest BCUT2D eigenvalue weighted by Gasteiger charge is -2.28. The second-order valence-electron chi connectivity index (χ2n) is 11.1. The van der Waals surface area contributed by atoms with Gasteiger partial charge in [0.25, 0.3) is 0 Å². The van der Waals surface area contributed by atoms with Crippen LogP contribution in [0.15, 0.2) is 61.2 Å². The Morgan fingerprint density at radius 1 is 0.956 bits per heavy atom. The molecule has 11 heteroatoms. The highest BCUT2D eigenvalue weighted by Gasteiger charge is 2.39. The molecular formula is C34H51NO9Si. The topological polar surface area (TPSA) is 106 Å². The van der Waals surface area contributed by atoms with Gasteiger partial charge in [-0.1, -0.05) is 44.2 Å². The van der Waals surface area contributed by atoms with E-state index >= 15 is 0 Å². The van der Waals surface area contributed by atoms with Crippen molar-refractivity contribution in [2.24, 2.45) is 0 Å². The normalized spacial score (nSPS) is 15.3. The minimum absolute atomic E-state index is 0.135. The number of alkyl carbamates (subject to hydrolysis) is 1. The number of ether oxygens (including phenoxy) is 5. The lowest BCUT2D eigenvalue weighted by atomic mass is 9.78. The first-order valence-electron chi connectivity index (χ1n) is 15.9. The van der Waals surface area contributed by atoms with Crippen molar-refractivity contribution < 1.29 is 41.8 Å². The monoisotopic (exact) mass is 645 g/mol. The van der Waals surface area contributed by atoms with Crippen LogP contribution in [0.3, 0.4) is 0 Å². The van der Waals surface area contributed by atoms with Crippen LogP contribution in [0.1, 0.15) is 52.2 Å². The number of carbonyl (C=O) groups is 1. The molecule has 0 bridgehead atoms. The molecule has 0 radical (unpaired) electrons. The van der Waals surface area contributed by atoms with Gasteiger partial charge in [-0.2, -0.15) is 0 Å². The van der Waals surface area contributed by atoms with E-state index in [1.165, 1.54) is 5.56 Å². The van der Waals surface area contributed by atoms with Gasteiger partial charge < -0.3 is 42.3 Å². The third-order valence-electron chi connectivity index (χ3n) is 7.26. The first-order valence-corrected chi connectivity index (χ1v) is 17.8. The number of benzene rings is 2. The van der Waals surface area contributed by atoms with E-state index in [0.717, 1.165) is 17.9 Å². The largest absolute Gasteiger partial charge is 0.500 e. The van der Waals surface area contributed by atoms with Crippen LogP contribution in [-0.4, -0.2) is 86.5 Å². The SMILES string of the molecule is C=CCOCC(COc1ccc(C(C)(C)c2ccc(OCC3CO3)cc2)cc1)OC(=O)NCCC[Si](OCC)(OCC)OCC. The van der Waals surface area contributed by atoms with Gasteiger partial charge >= 0.3 is 14.9 Å². The molecule has 0 spiro atoms. The summed E-state index contributed by atoms with van der Waals surface area (Å²) in [6.07, 6.45) is 1.35. The highest BCUT2D eigenvalue weighted by molar-refractivity contribution is 6.60. The van der Waals surface area contributed by atoms with Crippen molar-refractivity contribution in [1.82, 2.24) is 5.32 Å². The maximum Gasteiger partial charge on any atom is 0.500 e. The van der Waals surface area contributed by atoms with Gasteiger partial charge in [-0.05, 0) is 62.6 Å². The van der Waals surface area contributed by atoms with Gasteiger partial charge in [0, 0.05) is 37.8 Å². The summed E-state index contributed by atoms with van der Waals surface area (Å²) in [4.78, 5) is 12.6. The molecule has 1 fully saturated rings. The summed E-state index contributed by atoms with van der Waals surface area (Å²) in [5.74, 6) is 1.51. The van der Waals surface area contributed by atoms with Gasteiger partial charge in [0.1, 0.15) is 30.8 Å². The zero-order chi connectivity index (χ0) is 32.5. The van der Waals surface area contributed by atoms with Crippen LogP contribution in [0, 0.1) is 0 Å². The van der Waals surface area contributed by atoms with Crippen LogP contribution in [0.25, 0.3) is 0 Å². The third-order valence-corrected chi connectivity index (χ3v) is 10.4. The van der Waals surface area contributed by atoms with Crippen LogP contribution in [0.4, 0.5) is 4.79 Å². The number of hydrogen-bond acceptors (Lipinski definition) is 9. The molecule has 3 rings (SSSR count). The maximum absolute atomic E-state index is 12.6. The zero-order valence-corrected chi connectivity index (χ0v) is 28.5. The first-order chi connectivity index (χ1) is 21.7. The lowest BCUT2D eigenvalue weighted by molar-refractivity contribution is 0.00541. The van der Waals surface area contributed by atoms with Crippen molar-refractivity contribution in [2.75, 3.05) is 59.4 Å². The first kappa shape index (κ1) is 36.5. The van der Waals surface area contributed by atoms with Crippen molar-refractivity contribution in [1.29, 1.82) is 0 Å². The summed E-state index contributed by atoms with van der Waals surface area (Å²) in [5.41, 5.74) is 2.09. The average molecular weight is 646 g/mol. The van der Waals surface area contributed by atoms with Gasteiger partial charge in [-0.3, -0.25) is 0 Å². The molecule has 1 aliphatic rings. The Labute approximate surface area is 269 Å². The Morgan fingerprint density at radius 2 is 1.51 bits per heavy atom. The molecule has 2 aromatic rings.